The molecule has 2 aromatic heterocycles. The van der Waals surface area contributed by atoms with Crippen LogP contribution in [-0.4, -0.2) is 40.4 Å². The number of hydrogen-bond donors (Lipinski definition) is 3. The maximum atomic E-state index is 12.9. The van der Waals surface area contributed by atoms with Crippen molar-refractivity contribution in [2.24, 2.45) is 0 Å². The zero-order valence-electron chi connectivity index (χ0n) is 15.4. The van der Waals surface area contributed by atoms with Crippen LogP contribution in [0.25, 0.3) is 17.1 Å². The molecule has 0 amide bonds. The number of fused-ring (bicyclic) bond motifs is 1. The number of Topliss-reactive ketones (excluding diaryl/α,β-unsaturated/α-hetero) is 2. The Labute approximate surface area is 165 Å². The van der Waals surface area contributed by atoms with E-state index in [0.29, 0.717) is 16.9 Å². The molecule has 0 radical (unpaired) electrons. The Kier molecular flexibility index (Phi) is 4.84. The van der Waals surface area contributed by atoms with Crippen LogP contribution in [0.2, 0.25) is 0 Å². The minimum Gasteiger partial charge on any atom is -0.506 e. The first-order valence-electron chi connectivity index (χ1n) is 8.76. The summed E-state index contributed by atoms with van der Waals surface area (Å²) in [5.41, 5.74) is 1.50. The molecule has 0 atom stereocenters. The Morgan fingerprint density at radius 1 is 1.31 bits per heavy atom. The summed E-state index contributed by atoms with van der Waals surface area (Å²) >= 11 is 0. The van der Waals surface area contributed by atoms with Crippen molar-refractivity contribution in [3.05, 3.63) is 71.6 Å². The minimum absolute atomic E-state index is 0.0212. The SMILES string of the molecule is COCC(=O)C1=C(Nc2ccccc2O)O/C(=C\c2c[nH]c3ncccc23)C1=O. The van der Waals surface area contributed by atoms with Crippen molar-refractivity contribution in [3.8, 4) is 5.75 Å². The van der Waals surface area contributed by atoms with Crippen LogP contribution in [0.4, 0.5) is 5.69 Å². The maximum Gasteiger partial charge on any atom is 0.237 e. The third-order valence-corrected chi connectivity index (χ3v) is 4.37. The lowest BCUT2D eigenvalue weighted by molar-refractivity contribution is -0.122. The molecule has 0 unspecified atom stereocenters. The number of allylic oxidation sites excluding steroid dienone is 1. The van der Waals surface area contributed by atoms with Crippen LogP contribution in [0.5, 0.6) is 5.75 Å². The van der Waals surface area contributed by atoms with E-state index in [1.54, 1.807) is 42.7 Å². The Bertz CT molecular complexity index is 1180. The van der Waals surface area contributed by atoms with Gasteiger partial charge in [0.15, 0.2) is 11.5 Å². The molecule has 8 heteroatoms. The highest BCUT2D eigenvalue weighted by molar-refractivity contribution is 6.29. The number of carbonyl (C=O) groups excluding carboxylic acids is 2. The van der Waals surface area contributed by atoms with Gasteiger partial charge in [0.25, 0.3) is 0 Å². The van der Waals surface area contributed by atoms with E-state index >= 15 is 0 Å². The van der Waals surface area contributed by atoms with Gasteiger partial charge in [0.1, 0.15) is 23.6 Å². The third kappa shape index (κ3) is 3.48. The van der Waals surface area contributed by atoms with Gasteiger partial charge in [-0.1, -0.05) is 12.1 Å². The molecular weight excluding hydrogens is 374 g/mol. The van der Waals surface area contributed by atoms with Crippen LogP contribution >= 0.6 is 0 Å². The summed E-state index contributed by atoms with van der Waals surface area (Å²) in [4.78, 5) is 32.6. The fourth-order valence-corrected chi connectivity index (χ4v) is 3.01. The second-order valence-electron chi connectivity index (χ2n) is 6.29. The Hall–Kier alpha value is -3.91. The van der Waals surface area contributed by atoms with Crippen molar-refractivity contribution < 1.29 is 24.2 Å². The number of methoxy groups -OCH3 is 1. The number of ketones is 2. The van der Waals surface area contributed by atoms with Crippen LogP contribution in [0.15, 0.2) is 66.0 Å². The van der Waals surface area contributed by atoms with Crippen LogP contribution < -0.4 is 5.32 Å². The highest BCUT2D eigenvalue weighted by Gasteiger charge is 2.36. The second kappa shape index (κ2) is 7.61. The predicted octanol–water partition coefficient (Wildman–Crippen LogP) is 2.75. The van der Waals surface area contributed by atoms with E-state index < -0.39 is 11.6 Å². The van der Waals surface area contributed by atoms with Gasteiger partial charge in [-0.25, -0.2) is 4.98 Å². The van der Waals surface area contributed by atoms with E-state index in [0.717, 1.165) is 5.39 Å². The van der Waals surface area contributed by atoms with Gasteiger partial charge < -0.3 is 24.9 Å². The van der Waals surface area contributed by atoms with Crippen molar-refractivity contribution in [2.75, 3.05) is 19.0 Å². The van der Waals surface area contributed by atoms with Gasteiger partial charge in [-0.3, -0.25) is 9.59 Å². The number of pyridine rings is 1. The number of phenols is 1. The molecule has 0 saturated carbocycles. The smallest absolute Gasteiger partial charge is 0.237 e. The number of hydrogen-bond acceptors (Lipinski definition) is 7. The molecule has 1 aliphatic heterocycles. The van der Waals surface area contributed by atoms with Crippen molar-refractivity contribution >= 4 is 34.4 Å². The number of aromatic amines is 1. The van der Waals surface area contributed by atoms with Crippen molar-refractivity contribution in [1.82, 2.24) is 9.97 Å². The maximum absolute atomic E-state index is 12.9. The normalized spacial score (nSPS) is 15.2. The average Bonchev–Trinajstić information content (AvgIpc) is 3.25. The molecule has 3 N–H and O–H groups in total. The first kappa shape index (κ1) is 18.5. The topological polar surface area (TPSA) is 114 Å². The van der Waals surface area contributed by atoms with Gasteiger partial charge >= 0.3 is 0 Å². The molecule has 0 fully saturated rings. The van der Waals surface area contributed by atoms with Crippen molar-refractivity contribution in [1.29, 1.82) is 0 Å². The lowest BCUT2D eigenvalue weighted by Gasteiger charge is -2.10. The molecule has 0 saturated heterocycles. The third-order valence-electron chi connectivity index (χ3n) is 4.37. The Morgan fingerprint density at radius 2 is 2.14 bits per heavy atom. The monoisotopic (exact) mass is 391 g/mol. The summed E-state index contributed by atoms with van der Waals surface area (Å²) in [6.07, 6.45) is 4.90. The zero-order chi connectivity index (χ0) is 20.4. The number of phenolic OH excluding ortho intramolecular Hbond substituents is 1. The number of aromatic hydroxyl groups is 1. The summed E-state index contributed by atoms with van der Waals surface area (Å²) in [5, 5.41) is 13.6. The number of carbonyl (C=O) groups is 2. The van der Waals surface area contributed by atoms with Gasteiger partial charge in [0, 0.05) is 30.5 Å². The summed E-state index contributed by atoms with van der Waals surface area (Å²) < 4.78 is 10.6. The van der Waals surface area contributed by atoms with Gasteiger partial charge in [0.05, 0.1) is 5.69 Å². The van der Waals surface area contributed by atoms with E-state index in [9.17, 15) is 14.7 Å². The first-order valence-corrected chi connectivity index (χ1v) is 8.76. The number of H-pyrrole nitrogens is 1. The molecule has 0 bridgehead atoms. The second-order valence-corrected chi connectivity index (χ2v) is 6.29. The predicted molar refractivity (Wildman–Crippen MR) is 106 cm³/mol. The molecule has 3 heterocycles. The fourth-order valence-electron chi connectivity index (χ4n) is 3.01. The first-order chi connectivity index (χ1) is 14.1. The zero-order valence-corrected chi connectivity index (χ0v) is 15.4. The molecular formula is C21H17N3O5. The molecule has 1 aromatic carbocycles. The number of nitrogens with zero attached hydrogens (tertiary/aromatic N) is 1. The molecule has 0 spiro atoms. The number of rotatable bonds is 6. The lowest BCUT2D eigenvalue weighted by Crippen LogP contribution is -2.17. The van der Waals surface area contributed by atoms with Gasteiger partial charge in [-0.2, -0.15) is 0 Å². The van der Waals surface area contributed by atoms with Crippen molar-refractivity contribution in [2.45, 2.75) is 0 Å². The van der Waals surface area contributed by atoms with E-state index in [4.69, 9.17) is 9.47 Å². The summed E-state index contributed by atoms with van der Waals surface area (Å²) in [5.74, 6) is -1.22. The molecule has 4 rings (SSSR count). The quantitative estimate of drug-likeness (QED) is 0.336. The summed E-state index contributed by atoms with van der Waals surface area (Å²) in [6.45, 7) is -0.277. The standard InChI is InChI=1S/C21H17N3O5/c1-28-11-16(26)18-19(27)17(9-12-10-23-20-13(12)5-4-8-22-20)29-21(18)24-14-6-2-3-7-15(14)25/h2-10,24-25H,11H2,1H3,(H,22,23)/b17-9-. The summed E-state index contributed by atoms with van der Waals surface area (Å²) in [7, 11) is 1.37. The van der Waals surface area contributed by atoms with E-state index in [2.05, 4.69) is 15.3 Å². The van der Waals surface area contributed by atoms with Crippen molar-refractivity contribution in [3.63, 3.8) is 0 Å². The average molecular weight is 391 g/mol. The number of para-hydroxylation sites is 2. The van der Waals surface area contributed by atoms with Gasteiger partial charge in [-0.05, 0) is 30.3 Å². The number of nitrogens with one attached hydrogen (secondary N) is 2. The molecule has 146 valence electrons. The largest absolute Gasteiger partial charge is 0.506 e. The van der Waals surface area contributed by atoms with E-state index in [-0.39, 0.29) is 29.6 Å². The van der Waals surface area contributed by atoms with Crippen LogP contribution in [0, 0.1) is 0 Å². The molecule has 0 aliphatic carbocycles. The number of aromatic nitrogens is 2. The lowest BCUT2D eigenvalue weighted by atomic mass is 10.1. The molecule has 1 aliphatic rings. The van der Waals surface area contributed by atoms with Crippen LogP contribution in [-0.2, 0) is 19.1 Å². The molecule has 3 aromatic rings. The summed E-state index contributed by atoms with van der Waals surface area (Å²) in [6, 6.07) is 10.1. The van der Waals surface area contributed by atoms with E-state index in [1.807, 2.05) is 6.07 Å². The number of anilines is 1. The van der Waals surface area contributed by atoms with Gasteiger partial charge in [-0.15, -0.1) is 0 Å². The highest BCUT2D eigenvalue weighted by atomic mass is 16.5. The molecule has 8 nitrogen and oxygen atoms in total. The van der Waals surface area contributed by atoms with Crippen LogP contribution in [0.1, 0.15) is 5.56 Å². The fraction of sp³-hybridized carbons (Fsp3) is 0.0952. The highest BCUT2D eigenvalue weighted by Crippen LogP contribution is 2.32. The Morgan fingerprint density at radius 3 is 2.93 bits per heavy atom. The minimum atomic E-state index is -0.566. The Balaban J connectivity index is 1.72. The van der Waals surface area contributed by atoms with Crippen LogP contribution in [0.3, 0.4) is 0 Å². The molecule has 29 heavy (non-hydrogen) atoms. The number of benzene rings is 1. The number of ether oxygens (including phenoxy) is 2. The van der Waals surface area contributed by atoms with E-state index in [1.165, 1.54) is 13.2 Å². The van der Waals surface area contributed by atoms with Gasteiger partial charge in [0.2, 0.25) is 11.7 Å².